The molecule has 1 heterocycles. The van der Waals surface area contributed by atoms with Gasteiger partial charge >= 0.3 is 0 Å². The first-order valence-electron chi connectivity index (χ1n) is 5.84. The Hall–Kier alpha value is -1.53. The minimum atomic E-state index is -0.404. The molecule has 0 atom stereocenters. The van der Waals surface area contributed by atoms with Crippen LogP contribution < -0.4 is 0 Å². The predicted molar refractivity (Wildman–Crippen MR) is 80.8 cm³/mol. The lowest BCUT2D eigenvalue weighted by molar-refractivity contribution is 0.617. The van der Waals surface area contributed by atoms with Gasteiger partial charge in [0.15, 0.2) is 4.77 Å². The molecule has 2 nitrogen and oxygen atoms in total. The molecule has 2 aromatic carbocycles. The van der Waals surface area contributed by atoms with Crippen LogP contribution in [0.4, 0.5) is 8.78 Å². The Bertz CT molecular complexity index is 862. The summed E-state index contributed by atoms with van der Waals surface area (Å²) in [5.41, 5.74) is 1.97. The third-order valence-electron chi connectivity index (χ3n) is 3.12. The van der Waals surface area contributed by atoms with E-state index >= 15 is 0 Å². The van der Waals surface area contributed by atoms with Crippen LogP contribution in [0.1, 0.15) is 5.56 Å². The molecule has 0 fully saturated rings. The fourth-order valence-electron chi connectivity index (χ4n) is 2.16. The van der Waals surface area contributed by atoms with Crippen molar-refractivity contribution in [3.8, 4) is 5.69 Å². The summed E-state index contributed by atoms with van der Waals surface area (Å²) in [4.78, 5) is 2.90. The second-order valence-electron chi connectivity index (χ2n) is 4.45. The summed E-state index contributed by atoms with van der Waals surface area (Å²) in [6, 6.07) is 7.71. The van der Waals surface area contributed by atoms with E-state index in [9.17, 15) is 8.78 Å². The van der Waals surface area contributed by atoms with E-state index < -0.39 is 5.82 Å². The molecule has 3 rings (SSSR count). The monoisotopic (exact) mass is 354 g/mol. The van der Waals surface area contributed by atoms with Gasteiger partial charge in [0.25, 0.3) is 0 Å². The van der Waals surface area contributed by atoms with Gasteiger partial charge < -0.3 is 4.98 Å². The van der Waals surface area contributed by atoms with E-state index in [-0.39, 0.29) is 5.82 Å². The number of hydrogen-bond acceptors (Lipinski definition) is 1. The Morgan fingerprint density at radius 2 is 1.95 bits per heavy atom. The summed E-state index contributed by atoms with van der Waals surface area (Å²) >= 11 is 8.56. The van der Waals surface area contributed by atoms with Crippen LogP contribution >= 0.6 is 28.1 Å². The fourth-order valence-corrected chi connectivity index (χ4v) is 2.98. The second kappa shape index (κ2) is 4.79. The Kier molecular flexibility index (Phi) is 3.22. The SMILES string of the molecule is Cc1cc2c(cc1F)[nH]c(=S)n2-c1c(F)cccc1Br. The third kappa shape index (κ3) is 1.99. The fraction of sp³-hybridized carbons (Fsp3) is 0.0714. The largest absolute Gasteiger partial charge is 0.330 e. The summed E-state index contributed by atoms with van der Waals surface area (Å²) in [6.07, 6.45) is 0. The normalized spacial score (nSPS) is 11.2. The Balaban J connectivity index is 2.46. The van der Waals surface area contributed by atoms with Crippen LogP contribution in [-0.4, -0.2) is 9.55 Å². The molecule has 0 saturated carbocycles. The molecular weight excluding hydrogens is 346 g/mol. The Labute approximate surface area is 127 Å². The third-order valence-corrected chi connectivity index (χ3v) is 4.05. The van der Waals surface area contributed by atoms with Gasteiger partial charge in [0.1, 0.15) is 11.6 Å². The molecule has 20 heavy (non-hydrogen) atoms. The molecule has 1 N–H and O–H groups in total. The maximum absolute atomic E-state index is 14.1. The zero-order chi connectivity index (χ0) is 14.4. The van der Waals surface area contributed by atoms with Gasteiger partial charge in [0.05, 0.1) is 16.7 Å². The number of halogens is 3. The van der Waals surface area contributed by atoms with E-state index in [0.717, 1.165) is 0 Å². The minimum absolute atomic E-state index is 0.315. The lowest BCUT2D eigenvalue weighted by Gasteiger charge is -2.09. The Morgan fingerprint density at radius 3 is 2.65 bits per heavy atom. The molecule has 0 bridgehead atoms. The molecular formula is C14H9BrF2N2S. The standard InChI is InChI=1S/C14H9BrF2N2S/c1-7-5-12-11(6-10(7)17)18-14(20)19(12)13-8(15)3-2-4-9(13)16/h2-6H,1H3,(H,18,20). The smallest absolute Gasteiger partial charge is 0.182 e. The van der Waals surface area contributed by atoms with Gasteiger partial charge in [0.2, 0.25) is 0 Å². The number of aromatic amines is 1. The van der Waals surface area contributed by atoms with Crippen molar-refractivity contribution >= 4 is 39.2 Å². The highest BCUT2D eigenvalue weighted by Gasteiger charge is 2.15. The van der Waals surface area contributed by atoms with Crippen molar-refractivity contribution < 1.29 is 8.78 Å². The number of aryl methyl sites for hydroxylation is 1. The molecule has 0 aliphatic carbocycles. The van der Waals surface area contributed by atoms with Crippen LogP contribution in [0.25, 0.3) is 16.7 Å². The van der Waals surface area contributed by atoms with Crippen molar-refractivity contribution in [2.75, 3.05) is 0 Å². The molecule has 0 aliphatic rings. The van der Waals surface area contributed by atoms with E-state index in [1.54, 1.807) is 29.7 Å². The maximum atomic E-state index is 14.1. The van der Waals surface area contributed by atoms with E-state index in [1.165, 1.54) is 12.1 Å². The number of nitrogens with zero attached hydrogens (tertiary/aromatic N) is 1. The lowest BCUT2D eigenvalue weighted by atomic mass is 10.2. The van der Waals surface area contributed by atoms with E-state index in [2.05, 4.69) is 20.9 Å². The first-order valence-corrected chi connectivity index (χ1v) is 7.04. The molecule has 0 amide bonds. The van der Waals surface area contributed by atoms with Gasteiger partial charge in [-0.05, 0) is 64.9 Å². The maximum Gasteiger partial charge on any atom is 0.182 e. The summed E-state index contributed by atoms with van der Waals surface area (Å²) < 4.78 is 30.2. The molecule has 102 valence electrons. The highest BCUT2D eigenvalue weighted by Crippen LogP contribution is 2.29. The molecule has 0 spiro atoms. The van der Waals surface area contributed by atoms with Gasteiger partial charge in [0, 0.05) is 4.47 Å². The molecule has 1 aromatic heterocycles. The van der Waals surface area contributed by atoms with Gasteiger partial charge in [-0.2, -0.15) is 0 Å². The van der Waals surface area contributed by atoms with Crippen LogP contribution in [0.5, 0.6) is 0 Å². The van der Waals surface area contributed by atoms with Crippen LogP contribution in [0.3, 0.4) is 0 Å². The number of H-pyrrole nitrogens is 1. The van der Waals surface area contributed by atoms with Crippen molar-refractivity contribution in [3.63, 3.8) is 0 Å². The highest BCUT2D eigenvalue weighted by atomic mass is 79.9. The number of hydrogen-bond donors (Lipinski definition) is 1. The van der Waals surface area contributed by atoms with Crippen molar-refractivity contribution in [1.29, 1.82) is 0 Å². The second-order valence-corrected chi connectivity index (χ2v) is 5.70. The van der Waals surface area contributed by atoms with Gasteiger partial charge in [-0.3, -0.25) is 4.57 Å². The number of imidazole rings is 1. The van der Waals surface area contributed by atoms with Crippen LogP contribution in [0, 0.1) is 23.3 Å². The summed E-state index contributed by atoms with van der Waals surface area (Å²) in [5.74, 6) is -0.730. The number of rotatable bonds is 1. The van der Waals surface area contributed by atoms with Crippen molar-refractivity contribution in [2.45, 2.75) is 6.92 Å². The Morgan fingerprint density at radius 1 is 1.20 bits per heavy atom. The number of nitrogens with one attached hydrogen (secondary N) is 1. The van der Waals surface area contributed by atoms with Crippen molar-refractivity contribution in [1.82, 2.24) is 9.55 Å². The zero-order valence-corrected chi connectivity index (χ0v) is 12.8. The average molecular weight is 355 g/mol. The highest BCUT2D eigenvalue weighted by molar-refractivity contribution is 9.10. The molecule has 0 saturated heterocycles. The number of aromatic nitrogens is 2. The molecule has 0 radical (unpaired) electrons. The average Bonchev–Trinajstić information content (AvgIpc) is 2.67. The number of para-hydroxylation sites is 1. The summed E-state index contributed by atoms with van der Waals surface area (Å²) in [7, 11) is 0. The first-order chi connectivity index (χ1) is 9.49. The van der Waals surface area contributed by atoms with Gasteiger partial charge in [-0.1, -0.05) is 6.07 Å². The van der Waals surface area contributed by atoms with Crippen LogP contribution in [-0.2, 0) is 0 Å². The predicted octanol–water partition coefficient (Wildman–Crippen LogP) is 5.04. The molecule has 0 aliphatic heterocycles. The lowest BCUT2D eigenvalue weighted by Crippen LogP contribution is -1.99. The van der Waals surface area contributed by atoms with E-state index in [0.29, 0.717) is 31.5 Å². The zero-order valence-electron chi connectivity index (χ0n) is 10.4. The van der Waals surface area contributed by atoms with Crippen LogP contribution in [0.15, 0.2) is 34.8 Å². The van der Waals surface area contributed by atoms with Crippen molar-refractivity contribution in [2.24, 2.45) is 0 Å². The number of fused-ring (bicyclic) bond motifs is 1. The van der Waals surface area contributed by atoms with E-state index in [4.69, 9.17) is 12.2 Å². The van der Waals surface area contributed by atoms with Crippen LogP contribution in [0.2, 0.25) is 0 Å². The summed E-state index contributed by atoms with van der Waals surface area (Å²) in [5, 5.41) is 0. The van der Waals surface area contributed by atoms with Gasteiger partial charge in [-0.15, -0.1) is 0 Å². The quantitative estimate of drug-likeness (QED) is 0.607. The topological polar surface area (TPSA) is 20.7 Å². The number of benzene rings is 2. The van der Waals surface area contributed by atoms with Crippen molar-refractivity contribution in [3.05, 3.63) is 56.8 Å². The van der Waals surface area contributed by atoms with E-state index in [1.807, 2.05) is 0 Å². The summed E-state index contributed by atoms with van der Waals surface area (Å²) in [6.45, 7) is 1.66. The molecule has 0 unspecified atom stereocenters. The molecule has 3 aromatic rings. The molecule has 6 heteroatoms. The first kappa shape index (κ1) is 13.5. The van der Waals surface area contributed by atoms with Gasteiger partial charge in [-0.25, -0.2) is 8.78 Å². The minimum Gasteiger partial charge on any atom is -0.330 e.